The molecule has 16 heavy (non-hydrogen) atoms. The number of aromatic hydroxyl groups is 1. The highest BCUT2D eigenvalue weighted by atomic mass is 79.9. The van der Waals surface area contributed by atoms with Crippen molar-refractivity contribution < 1.29 is 9.84 Å². The molecule has 4 heteroatoms. The Morgan fingerprint density at radius 1 is 1.56 bits per heavy atom. The third kappa shape index (κ3) is 2.04. The molecule has 0 atom stereocenters. The Balaban J connectivity index is 2.44. The summed E-state index contributed by atoms with van der Waals surface area (Å²) in [6, 6.07) is 1.78. The van der Waals surface area contributed by atoms with Crippen LogP contribution in [0.2, 0.25) is 0 Å². The summed E-state index contributed by atoms with van der Waals surface area (Å²) in [5.41, 5.74) is 7.91. The van der Waals surface area contributed by atoms with Crippen molar-refractivity contribution >= 4 is 15.9 Å². The molecule has 0 aliphatic heterocycles. The summed E-state index contributed by atoms with van der Waals surface area (Å²) >= 11 is 3.47. The minimum absolute atomic E-state index is 0.117. The van der Waals surface area contributed by atoms with Gasteiger partial charge >= 0.3 is 0 Å². The molecule has 3 nitrogen and oxygen atoms in total. The lowest BCUT2D eigenvalue weighted by Crippen LogP contribution is -2.25. The third-order valence-electron chi connectivity index (χ3n) is 3.23. The molecule has 0 aromatic heterocycles. The quantitative estimate of drug-likeness (QED) is 0.897. The van der Waals surface area contributed by atoms with Gasteiger partial charge in [-0.05, 0) is 37.8 Å². The molecule has 88 valence electrons. The van der Waals surface area contributed by atoms with Crippen molar-refractivity contribution in [1.29, 1.82) is 0 Å². The van der Waals surface area contributed by atoms with Gasteiger partial charge in [0.1, 0.15) is 0 Å². The molecule has 3 N–H and O–H groups in total. The zero-order chi connectivity index (χ0) is 11.9. The van der Waals surface area contributed by atoms with E-state index in [2.05, 4.69) is 15.9 Å². The van der Waals surface area contributed by atoms with Crippen LogP contribution in [0.5, 0.6) is 11.5 Å². The number of ether oxygens (including phenoxy) is 1. The first-order valence-corrected chi connectivity index (χ1v) is 6.10. The fraction of sp³-hybridized carbons (Fsp3) is 0.500. The molecule has 1 saturated carbocycles. The van der Waals surface area contributed by atoms with E-state index in [1.165, 1.54) is 0 Å². The maximum Gasteiger partial charge on any atom is 0.161 e. The van der Waals surface area contributed by atoms with E-state index in [0.717, 1.165) is 28.4 Å². The number of hydrogen-bond donors (Lipinski definition) is 2. The lowest BCUT2D eigenvalue weighted by molar-refractivity contribution is 0.368. The van der Waals surface area contributed by atoms with E-state index < -0.39 is 0 Å². The van der Waals surface area contributed by atoms with Crippen LogP contribution in [-0.2, 0) is 6.42 Å². The summed E-state index contributed by atoms with van der Waals surface area (Å²) in [4.78, 5) is 0. The van der Waals surface area contributed by atoms with Crippen molar-refractivity contribution in [2.75, 3.05) is 7.11 Å². The Labute approximate surface area is 104 Å². The zero-order valence-corrected chi connectivity index (χ0v) is 11.1. The number of methoxy groups -OCH3 is 1. The number of phenolic OH excluding ortho intramolecular Hbond substituents is 1. The Morgan fingerprint density at radius 2 is 2.19 bits per heavy atom. The number of halogens is 1. The van der Waals surface area contributed by atoms with Crippen LogP contribution in [0.1, 0.15) is 24.0 Å². The van der Waals surface area contributed by atoms with E-state index in [1.807, 2.05) is 6.92 Å². The molecule has 1 fully saturated rings. The van der Waals surface area contributed by atoms with Gasteiger partial charge in [-0.25, -0.2) is 0 Å². The van der Waals surface area contributed by atoms with Gasteiger partial charge < -0.3 is 15.6 Å². The summed E-state index contributed by atoms with van der Waals surface area (Å²) in [5, 5.41) is 10.1. The molecule has 0 amide bonds. The molecule has 0 radical (unpaired) electrons. The van der Waals surface area contributed by atoms with Gasteiger partial charge in [-0.1, -0.05) is 15.9 Å². The highest BCUT2D eigenvalue weighted by molar-refractivity contribution is 9.10. The van der Waals surface area contributed by atoms with Gasteiger partial charge in [-0.3, -0.25) is 0 Å². The van der Waals surface area contributed by atoms with Gasteiger partial charge in [-0.2, -0.15) is 0 Å². The molecular formula is C12H16BrNO2. The van der Waals surface area contributed by atoms with Crippen molar-refractivity contribution in [3.05, 3.63) is 21.7 Å². The van der Waals surface area contributed by atoms with E-state index in [9.17, 15) is 5.11 Å². The summed E-state index contributed by atoms with van der Waals surface area (Å²) in [5.74, 6) is 0.719. The average molecular weight is 286 g/mol. The topological polar surface area (TPSA) is 55.5 Å². The number of benzene rings is 1. The van der Waals surface area contributed by atoms with E-state index in [1.54, 1.807) is 13.2 Å². The Morgan fingerprint density at radius 3 is 2.69 bits per heavy atom. The second-order valence-corrected chi connectivity index (χ2v) is 5.41. The normalized spacial score (nSPS) is 17.2. The minimum Gasteiger partial charge on any atom is -0.504 e. The lowest BCUT2D eigenvalue weighted by Gasteiger charge is -2.16. The molecule has 0 saturated heterocycles. The molecule has 2 rings (SSSR count). The van der Waals surface area contributed by atoms with E-state index >= 15 is 0 Å². The summed E-state index contributed by atoms with van der Waals surface area (Å²) in [6.07, 6.45) is 2.77. The predicted molar refractivity (Wildman–Crippen MR) is 67.0 cm³/mol. The van der Waals surface area contributed by atoms with Crippen molar-refractivity contribution in [3.63, 3.8) is 0 Å². The largest absolute Gasteiger partial charge is 0.504 e. The Kier molecular flexibility index (Phi) is 2.88. The first-order chi connectivity index (χ1) is 7.47. The van der Waals surface area contributed by atoms with Crippen LogP contribution >= 0.6 is 15.9 Å². The highest BCUT2D eigenvalue weighted by Crippen LogP contribution is 2.43. The van der Waals surface area contributed by atoms with Crippen LogP contribution < -0.4 is 10.5 Å². The second-order valence-electron chi connectivity index (χ2n) is 4.55. The third-order valence-corrected chi connectivity index (χ3v) is 4.05. The molecule has 1 aromatic carbocycles. The van der Waals surface area contributed by atoms with Crippen LogP contribution in [0, 0.1) is 6.92 Å². The smallest absolute Gasteiger partial charge is 0.161 e. The Hall–Kier alpha value is -0.740. The van der Waals surface area contributed by atoms with Crippen LogP contribution in [0.15, 0.2) is 10.5 Å². The van der Waals surface area contributed by atoms with Crippen LogP contribution in [0.4, 0.5) is 0 Å². The summed E-state index contributed by atoms with van der Waals surface area (Å²) < 4.78 is 6.08. The molecule has 1 aliphatic carbocycles. The van der Waals surface area contributed by atoms with E-state index in [-0.39, 0.29) is 11.3 Å². The lowest BCUT2D eigenvalue weighted by atomic mass is 9.98. The van der Waals surface area contributed by atoms with Crippen molar-refractivity contribution in [1.82, 2.24) is 0 Å². The highest BCUT2D eigenvalue weighted by Gasteiger charge is 2.39. The van der Waals surface area contributed by atoms with Gasteiger partial charge in [0, 0.05) is 15.6 Å². The molecule has 0 bridgehead atoms. The fourth-order valence-electron chi connectivity index (χ4n) is 1.82. The minimum atomic E-state index is -0.117. The van der Waals surface area contributed by atoms with Gasteiger partial charge in [-0.15, -0.1) is 0 Å². The number of rotatable bonds is 3. The first-order valence-electron chi connectivity index (χ1n) is 5.31. The second kappa shape index (κ2) is 3.93. The number of hydrogen-bond acceptors (Lipinski definition) is 3. The molecular weight excluding hydrogens is 270 g/mol. The molecule has 0 unspecified atom stereocenters. The van der Waals surface area contributed by atoms with Gasteiger partial charge in [0.25, 0.3) is 0 Å². The van der Waals surface area contributed by atoms with Gasteiger partial charge in [0.05, 0.1) is 7.11 Å². The number of phenols is 1. The van der Waals surface area contributed by atoms with Crippen molar-refractivity contribution in [2.24, 2.45) is 5.73 Å². The maximum atomic E-state index is 10.1. The first kappa shape index (κ1) is 11.7. The Bertz CT molecular complexity index is 428. The predicted octanol–water partition coefficient (Wildman–Crippen LogP) is 2.51. The van der Waals surface area contributed by atoms with Crippen LogP contribution in [0.3, 0.4) is 0 Å². The SMILES string of the molecule is COc1cc(Br)c(C)c(CC2(N)CC2)c1O. The monoisotopic (exact) mass is 285 g/mol. The van der Waals surface area contributed by atoms with E-state index in [0.29, 0.717) is 12.2 Å². The van der Waals surface area contributed by atoms with Crippen LogP contribution in [-0.4, -0.2) is 17.8 Å². The average Bonchev–Trinajstić information content (AvgIpc) is 2.97. The fourth-order valence-corrected chi connectivity index (χ4v) is 2.27. The van der Waals surface area contributed by atoms with E-state index in [4.69, 9.17) is 10.5 Å². The molecule has 1 aliphatic rings. The molecule has 1 aromatic rings. The molecule has 0 spiro atoms. The van der Waals surface area contributed by atoms with Crippen LogP contribution in [0.25, 0.3) is 0 Å². The summed E-state index contributed by atoms with van der Waals surface area (Å²) in [7, 11) is 1.55. The standard InChI is InChI=1S/C12H16BrNO2/c1-7-8(6-12(14)3-4-12)11(15)10(16-2)5-9(7)13/h5,15H,3-4,6,14H2,1-2H3. The van der Waals surface area contributed by atoms with Gasteiger partial charge in [0.2, 0.25) is 0 Å². The van der Waals surface area contributed by atoms with Crippen molar-refractivity contribution in [3.8, 4) is 11.5 Å². The molecule has 0 heterocycles. The zero-order valence-electron chi connectivity index (χ0n) is 9.51. The van der Waals surface area contributed by atoms with Crippen molar-refractivity contribution in [2.45, 2.75) is 31.7 Å². The summed E-state index contributed by atoms with van der Waals surface area (Å²) in [6.45, 7) is 1.98. The van der Waals surface area contributed by atoms with Gasteiger partial charge in [0.15, 0.2) is 11.5 Å². The number of nitrogens with two attached hydrogens (primary N) is 1. The maximum absolute atomic E-state index is 10.1.